The third-order valence-electron chi connectivity index (χ3n) is 2.29. The van der Waals surface area contributed by atoms with Crippen LogP contribution in [-0.2, 0) is 10.0 Å². The van der Waals surface area contributed by atoms with E-state index in [9.17, 15) is 21.6 Å². The van der Waals surface area contributed by atoms with Crippen LogP contribution in [0.2, 0.25) is 0 Å². The van der Waals surface area contributed by atoms with Crippen LogP contribution in [-0.4, -0.2) is 13.4 Å². The summed E-state index contributed by atoms with van der Waals surface area (Å²) in [6.45, 7) is 1.41. The lowest BCUT2D eigenvalue weighted by molar-refractivity contribution is 0.449. The second-order valence-electron chi connectivity index (χ2n) is 3.75. The topological polar surface area (TPSA) is 85.1 Å². The van der Waals surface area contributed by atoms with Crippen LogP contribution in [0.1, 0.15) is 5.69 Å². The lowest BCUT2D eigenvalue weighted by Crippen LogP contribution is -2.14. The minimum absolute atomic E-state index is 0.0219. The van der Waals surface area contributed by atoms with Crippen molar-refractivity contribution in [2.45, 2.75) is 11.1 Å². The number of anilines is 2. The maximum Gasteiger partial charge on any atom is 0.273 e. The molecule has 0 spiro atoms. The maximum absolute atomic E-state index is 13.4. The summed E-state index contributed by atoms with van der Waals surface area (Å²) in [5.74, 6) is -4.79. The fourth-order valence-corrected chi connectivity index (χ4v) is 3.81. The van der Waals surface area contributed by atoms with Gasteiger partial charge in [0, 0.05) is 0 Å². The fraction of sp³-hybridized carbons (Fsp3) is 0.100. The monoisotopic (exact) mass is 323 g/mol. The van der Waals surface area contributed by atoms with Gasteiger partial charge in [-0.3, -0.25) is 4.72 Å². The molecule has 0 saturated heterocycles. The van der Waals surface area contributed by atoms with E-state index in [-0.39, 0.29) is 15.0 Å². The van der Waals surface area contributed by atoms with Crippen molar-refractivity contribution in [2.24, 2.45) is 0 Å². The Kier molecular flexibility index (Phi) is 3.61. The minimum Gasteiger partial charge on any atom is -0.375 e. The average molecular weight is 323 g/mol. The highest BCUT2D eigenvalue weighted by Gasteiger charge is 2.24. The van der Waals surface area contributed by atoms with E-state index in [4.69, 9.17) is 5.73 Å². The number of nitrogens with zero attached hydrogens (tertiary/aromatic N) is 1. The third kappa shape index (κ3) is 2.56. The van der Waals surface area contributed by atoms with Crippen LogP contribution in [0, 0.1) is 24.4 Å². The van der Waals surface area contributed by atoms with Crippen molar-refractivity contribution in [2.75, 3.05) is 10.5 Å². The van der Waals surface area contributed by atoms with Crippen LogP contribution in [0.4, 0.5) is 24.0 Å². The summed E-state index contributed by atoms with van der Waals surface area (Å²) >= 11 is 0.680. The van der Waals surface area contributed by atoms with E-state index < -0.39 is 33.2 Å². The molecule has 20 heavy (non-hydrogen) atoms. The van der Waals surface area contributed by atoms with Gasteiger partial charge < -0.3 is 5.73 Å². The molecule has 0 fully saturated rings. The molecule has 1 heterocycles. The van der Waals surface area contributed by atoms with Gasteiger partial charge in [0.25, 0.3) is 10.0 Å². The first-order valence-electron chi connectivity index (χ1n) is 5.11. The summed E-state index contributed by atoms with van der Waals surface area (Å²) in [5.41, 5.74) is 4.80. The van der Waals surface area contributed by atoms with Gasteiger partial charge in [-0.15, -0.1) is 0 Å². The number of aryl methyl sites for hydroxylation is 1. The molecule has 2 aromatic rings. The molecule has 0 amide bonds. The molecule has 0 atom stereocenters. The minimum atomic E-state index is -4.18. The standard InChI is InChI=1S/C10H8F3N3O2S2/c1-4-9(19-10(14)15-4)20(17,18)16-6-3-2-5(11)7(12)8(6)13/h2-3,16H,1H3,(H2,14,15). The Morgan fingerprint density at radius 1 is 1.25 bits per heavy atom. The van der Waals surface area contributed by atoms with Crippen molar-refractivity contribution in [3.63, 3.8) is 0 Å². The van der Waals surface area contributed by atoms with E-state index >= 15 is 0 Å². The lowest BCUT2D eigenvalue weighted by atomic mass is 10.3. The van der Waals surface area contributed by atoms with Gasteiger partial charge in [0.05, 0.1) is 11.4 Å². The Labute approximate surface area is 116 Å². The summed E-state index contributed by atoms with van der Waals surface area (Å²) in [6.07, 6.45) is 0. The van der Waals surface area contributed by atoms with Gasteiger partial charge in [0.1, 0.15) is 0 Å². The number of nitrogens with two attached hydrogens (primary N) is 1. The molecule has 0 radical (unpaired) electrons. The number of thiazole rings is 1. The van der Waals surface area contributed by atoms with Crippen molar-refractivity contribution >= 4 is 32.2 Å². The zero-order valence-corrected chi connectivity index (χ0v) is 11.6. The Balaban J connectivity index is 2.44. The van der Waals surface area contributed by atoms with Crippen LogP contribution in [0.15, 0.2) is 16.3 Å². The number of benzene rings is 1. The van der Waals surface area contributed by atoms with Crippen LogP contribution in [0.25, 0.3) is 0 Å². The van der Waals surface area contributed by atoms with Crippen LogP contribution >= 0.6 is 11.3 Å². The molecule has 0 bridgehead atoms. The normalized spacial score (nSPS) is 11.6. The van der Waals surface area contributed by atoms with Crippen molar-refractivity contribution < 1.29 is 21.6 Å². The molecular weight excluding hydrogens is 315 g/mol. The maximum atomic E-state index is 13.4. The van der Waals surface area contributed by atoms with E-state index in [1.165, 1.54) is 6.92 Å². The molecule has 0 saturated carbocycles. The molecule has 5 nitrogen and oxygen atoms in total. The van der Waals surface area contributed by atoms with Crippen molar-refractivity contribution in [1.82, 2.24) is 4.98 Å². The van der Waals surface area contributed by atoms with Gasteiger partial charge in [-0.05, 0) is 19.1 Å². The predicted molar refractivity (Wildman–Crippen MR) is 68.4 cm³/mol. The summed E-state index contributed by atoms with van der Waals surface area (Å²) in [4.78, 5) is 3.72. The molecule has 0 aliphatic rings. The van der Waals surface area contributed by atoms with Gasteiger partial charge in [-0.25, -0.2) is 26.6 Å². The highest BCUT2D eigenvalue weighted by Crippen LogP contribution is 2.28. The Hall–Kier alpha value is -1.81. The Morgan fingerprint density at radius 3 is 2.45 bits per heavy atom. The largest absolute Gasteiger partial charge is 0.375 e. The number of aromatic nitrogens is 1. The first-order valence-corrected chi connectivity index (χ1v) is 7.41. The summed E-state index contributed by atoms with van der Waals surface area (Å²) < 4.78 is 64.9. The van der Waals surface area contributed by atoms with E-state index in [1.54, 1.807) is 0 Å². The fourth-order valence-electron chi connectivity index (χ4n) is 1.45. The first-order chi connectivity index (χ1) is 9.22. The zero-order chi connectivity index (χ0) is 15.1. The van der Waals surface area contributed by atoms with Crippen LogP contribution in [0.5, 0.6) is 0 Å². The number of halogens is 3. The Bertz CT molecular complexity index is 774. The second-order valence-corrected chi connectivity index (χ2v) is 6.66. The number of sulfonamides is 1. The van der Waals surface area contributed by atoms with Gasteiger partial charge in [-0.1, -0.05) is 11.3 Å². The number of nitrogens with one attached hydrogen (secondary N) is 1. The third-order valence-corrected chi connectivity index (χ3v) is 5.26. The molecular formula is C10H8F3N3O2S2. The van der Waals surface area contributed by atoms with E-state index in [0.29, 0.717) is 17.4 Å². The van der Waals surface area contributed by atoms with Gasteiger partial charge >= 0.3 is 0 Å². The summed E-state index contributed by atoms with van der Waals surface area (Å²) in [6, 6.07) is 1.40. The quantitative estimate of drug-likeness (QED) is 0.849. The molecule has 0 unspecified atom stereocenters. The summed E-state index contributed by atoms with van der Waals surface area (Å²) in [5, 5.41) is 0.0219. The number of hydrogen-bond acceptors (Lipinski definition) is 5. The van der Waals surface area contributed by atoms with E-state index in [0.717, 1.165) is 6.07 Å². The molecule has 3 N–H and O–H groups in total. The Morgan fingerprint density at radius 2 is 1.90 bits per heavy atom. The molecule has 0 aliphatic heterocycles. The summed E-state index contributed by atoms with van der Waals surface area (Å²) in [7, 11) is -4.18. The molecule has 108 valence electrons. The van der Waals surface area contributed by atoms with Crippen LogP contribution in [0.3, 0.4) is 0 Å². The van der Waals surface area contributed by atoms with Gasteiger partial charge in [0.2, 0.25) is 0 Å². The SMILES string of the molecule is Cc1nc(N)sc1S(=O)(=O)Nc1ccc(F)c(F)c1F. The highest BCUT2D eigenvalue weighted by atomic mass is 32.2. The molecule has 2 rings (SSSR count). The number of rotatable bonds is 3. The molecule has 1 aromatic carbocycles. The lowest BCUT2D eigenvalue weighted by Gasteiger charge is -2.08. The smallest absolute Gasteiger partial charge is 0.273 e. The van der Waals surface area contributed by atoms with Crippen LogP contribution < -0.4 is 10.5 Å². The highest BCUT2D eigenvalue weighted by molar-refractivity contribution is 7.94. The van der Waals surface area contributed by atoms with E-state index in [2.05, 4.69) is 4.98 Å². The van der Waals surface area contributed by atoms with Crippen molar-refractivity contribution in [3.05, 3.63) is 35.3 Å². The number of hydrogen-bond donors (Lipinski definition) is 2. The average Bonchev–Trinajstić information content (AvgIpc) is 2.70. The van der Waals surface area contributed by atoms with Crippen molar-refractivity contribution in [1.29, 1.82) is 0 Å². The van der Waals surface area contributed by atoms with Crippen molar-refractivity contribution in [3.8, 4) is 0 Å². The molecule has 1 aromatic heterocycles. The van der Waals surface area contributed by atoms with Gasteiger partial charge in [0.15, 0.2) is 26.8 Å². The zero-order valence-electron chi connectivity index (χ0n) is 9.95. The van der Waals surface area contributed by atoms with E-state index in [1.807, 2.05) is 4.72 Å². The predicted octanol–water partition coefficient (Wildman–Crippen LogP) is 2.25. The molecule has 10 heteroatoms. The first kappa shape index (κ1) is 14.6. The molecule has 0 aliphatic carbocycles. The second kappa shape index (κ2) is 4.94. The van der Waals surface area contributed by atoms with Gasteiger partial charge in [-0.2, -0.15) is 0 Å². The number of nitrogen functional groups attached to an aromatic ring is 1.